The summed E-state index contributed by atoms with van der Waals surface area (Å²) in [6.07, 6.45) is 0.886. The molecule has 114 valence electrons. The summed E-state index contributed by atoms with van der Waals surface area (Å²) in [5, 5.41) is 12.2. The number of amides is 1. The van der Waals surface area contributed by atoms with Gasteiger partial charge < -0.3 is 20.1 Å². The molecule has 1 aromatic carbocycles. The first kappa shape index (κ1) is 15.3. The molecule has 21 heavy (non-hydrogen) atoms. The van der Waals surface area contributed by atoms with Crippen molar-refractivity contribution in [1.82, 2.24) is 10.2 Å². The summed E-state index contributed by atoms with van der Waals surface area (Å²) in [7, 11) is 0. The van der Waals surface area contributed by atoms with Crippen LogP contribution in [0.1, 0.15) is 23.7 Å². The van der Waals surface area contributed by atoms with E-state index in [0.717, 1.165) is 6.42 Å². The molecule has 0 radical (unpaired) electrons. The Morgan fingerprint density at radius 1 is 1.48 bits per heavy atom. The molecule has 1 unspecified atom stereocenters. The Kier molecular flexibility index (Phi) is 5.16. The number of benzene rings is 1. The fourth-order valence-corrected chi connectivity index (χ4v) is 2.27. The summed E-state index contributed by atoms with van der Waals surface area (Å²) in [5.41, 5.74) is 0.455. The van der Waals surface area contributed by atoms with E-state index < -0.39 is 12.0 Å². The summed E-state index contributed by atoms with van der Waals surface area (Å²) >= 11 is 0. The number of rotatable bonds is 5. The summed E-state index contributed by atoms with van der Waals surface area (Å²) in [6, 6.07) is 6.06. The largest absolute Gasteiger partial charge is 0.494 e. The van der Waals surface area contributed by atoms with Gasteiger partial charge in [0.15, 0.2) is 0 Å². The zero-order valence-corrected chi connectivity index (χ0v) is 12.0. The minimum absolute atomic E-state index is 0.271. The second-order valence-corrected chi connectivity index (χ2v) is 4.93. The number of carbonyl (C=O) groups excluding carboxylic acids is 1. The predicted octanol–water partition coefficient (Wildman–Crippen LogP) is 0.974. The molecule has 1 aromatic rings. The smallest absolute Gasteiger partial charge is 0.327 e. The van der Waals surface area contributed by atoms with Gasteiger partial charge in [-0.3, -0.25) is 4.79 Å². The molecule has 6 nitrogen and oxygen atoms in total. The molecule has 0 spiro atoms. The van der Waals surface area contributed by atoms with E-state index in [2.05, 4.69) is 5.32 Å². The molecule has 1 atom stereocenters. The van der Waals surface area contributed by atoms with Gasteiger partial charge in [-0.05, 0) is 24.6 Å². The van der Waals surface area contributed by atoms with Crippen molar-refractivity contribution in [3.63, 3.8) is 0 Å². The monoisotopic (exact) mass is 292 g/mol. The van der Waals surface area contributed by atoms with Crippen LogP contribution in [0.25, 0.3) is 0 Å². The molecule has 1 aliphatic rings. The van der Waals surface area contributed by atoms with Crippen LogP contribution in [0, 0.1) is 0 Å². The number of hydrogen-bond donors (Lipinski definition) is 2. The Morgan fingerprint density at radius 3 is 3.00 bits per heavy atom. The van der Waals surface area contributed by atoms with Crippen LogP contribution in [0.3, 0.4) is 0 Å². The zero-order chi connectivity index (χ0) is 15.2. The third kappa shape index (κ3) is 3.72. The molecule has 0 aliphatic carbocycles. The third-order valence-electron chi connectivity index (χ3n) is 3.34. The van der Waals surface area contributed by atoms with Crippen molar-refractivity contribution < 1.29 is 19.4 Å². The van der Waals surface area contributed by atoms with E-state index in [0.29, 0.717) is 31.0 Å². The molecule has 0 saturated carbocycles. The average Bonchev–Trinajstić information content (AvgIpc) is 2.52. The summed E-state index contributed by atoms with van der Waals surface area (Å²) in [4.78, 5) is 25.2. The van der Waals surface area contributed by atoms with Gasteiger partial charge in [0.2, 0.25) is 0 Å². The molecule has 0 aromatic heterocycles. The first-order valence-electron chi connectivity index (χ1n) is 7.11. The molecule has 0 bridgehead atoms. The van der Waals surface area contributed by atoms with E-state index in [1.807, 2.05) is 6.92 Å². The van der Waals surface area contributed by atoms with Crippen molar-refractivity contribution in [1.29, 1.82) is 0 Å². The van der Waals surface area contributed by atoms with Gasteiger partial charge in [-0.15, -0.1) is 0 Å². The van der Waals surface area contributed by atoms with Crippen molar-refractivity contribution in [3.05, 3.63) is 29.8 Å². The van der Waals surface area contributed by atoms with Crippen molar-refractivity contribution in [3.8, 4) is 5.75 Å². The SMILES string of the molecule is CCCOc1cccc(C(=O)N2CCNCC2C(=O)O)c1. The van der Waals surface area contributed by atoms with Crippen molar-refractivity contribution in [2.24, 2.45) is 0 Å². The average molecular weight is 292 g/mol. The lowest BCUT2D eigenvalue weighted by molar-refractivity contribution is -0.142. The van der Waals surface area contributed by atoms with Gasteiger partial charge in [-0.2, -0.15) is 0 Å². The van der Waals surface area contributed by atoms with Crippen LogP contribution in [-0.4, -0.2) is 54.2 Å². The van der Waals surface area contributed by atoms with Crippen molar-refractivity contribution in [2.75, 3.05) is 26.2 Å². The van der Waals surface area contributed by atoms with Gasteiger partial charge in [0.25, 0.3) is 5.91 Å². The zero-order valence-electron chi connectivity index (χ0n) is 12.0. The number of hydrogen-bond acceptors (Lipinski definition) is 4. The fraction of sp³-hybridized carbons (Fsp3) is 0.467. The van der Waals surface area contributed by atoms with E-state index in [1.165, 1.54) is 4.90 Å². The topological polar surface area (TPSA) is 78.9 Å². The lowest BCUT2D eigenvalue weighted by Crippen LogP contribution is -2.56. The van der Waals surface area contributed by atoms with Gasteiger partial charge in [0.1, 0.15) is 11.8 Å². The highest BCUT2D eigenvalue weighted by Crippen LogP contribution is 2.17. The minimum atomic E-state index is -0.992. The molecular formula is C15H20N2O4. The lowest BCUT2D eigenvalue weighted by atomic mass is 10.1. The maximum absolute atomic E-state index is 12.5. The molecule has 1 amide bonds. The molecule has 1 fully saturated rings. The van der Waals surface area contributed by atoms with E-state index >= 15 is 0 Å². The Morgan fingerprint density at radius 2 is 2.29 bits per heavy atom. The van der Waals surface area contributed by atoms with Gasteiger partial charge in [0.05, 0.1) is 6.61 Å². The van der Waals surface area contributed by atoms with Crippen molar-refractivity contribution in [2.45, 2.75) is 19.4 Å². The lowest BCUT2D eigenvalue weighted by Gasteiger charge is -2.33. The Hall–Kier alpha value is -2.08. The molecule has 1 saturated heterocycles. The Labute approximate surface area is 123 Å². The molecular weight excluding hydrogens is 272 g/mol. The van der Waals surface area contributed by atoms with Crippen LogP contribution in [0.2, 0.25) is 0 Å². The molecule has 6 heteroatoms. The number of carbonyl (C=O) groups is 2. The van der Waals surface area contributed by atoms with Crippen LogP contribution in [0.5, 0.6) is 5.75 Å². The molecule has 2 rings (SSSR count). The van der Waals surface area contributed by atoms with Gasteiger partial charge in [0, 0.05) is 25.2 Å². The number of ether oxygens (including phenoxy) is 1. The number of nitrogens with zero attached hydrogens (tertiary/aromatic N) is 1. The molecule has 1 heterocycles. The van der Waals surface area contributed by atoms with Gasteiger partial charge >= 0.3 is 5.97 Å². The highest BCUT2D eigenvalue weighted by atomic mass is 16.5. The second-order valence-electron chi connectivity index (χ2n) is 4.93. The fourth-order valence-electron chi connectivity index (χ4n) is 2.27. The number of carboxylic acid groups (broad SMARTS) is 1. The van der Waals surface area contributed by atoms with E-state index in [4.69, 9.17) is 4.74 Å². The minimum Gasteiger partial charge on any atom is -0.494 e. The van der Waals surface area contributed by atoms with Crippen LogP contribution in [-0.2, 0) is 4.79 Å². The second kappa shape index (κ2) is 7.08. The van der Waals surface area contributed by atoms with Gasteiger partial charge in [-0.25, -0.2) is 4.79 Å². The summed E-state index contributed by atoms with van der Waals surface area (Å²) in [5.74, 6) is -0.635. The van der Waals surface area contributed by atoms with E-state index in [1.54, 1.807) is 24.3 Å². The maximum atomic E-state index is 12.5. The van der Waals surface area contributed by atoms with E-state index in [-0.39, 0.29) is 12.5 Å². The first-order chi connectivity index (χ1) is 10.1. The standard InChI is InChI=1S/C15H20N2O4/c1-2-8-21-12-5-3-4-11(9-12)14(18)17-7-6-16-10-13(17)15(19)20/h3-5,9,13,16H,2,6-8,10H2,1H3,(H,19,20). The van der Waals surface area contributed by atoms with Crippen LogP contribution >= 0.6 is 0 Å². The summed E-state index contributed by atoms with van der Waals surface area (Å²) in [6.45, 7) is 3.85. The number of nitrogens with one attached hydrogen (secondary N) is 1. The van der Waals surface area contributed by atoms with Crippen molar-refractivity contribution >= 4 is 11.9 Å². The third-order valence-corrected chi connectivity index (χ3v) is 3.34. The first-order valence-corrected chi connectivity index (χ1v) is 7.11. The summed E-state index contributed by atoms with van der Waals surface area (Å²) < 4.78 is 5.51. The Balaban J connectivity index is 2.16. The predicted molar refractivity (Wildman–Crippen MR) is 77.6 cm³/mol. The van der Waals surface area contributed by atoms with Crippen LogP contribution in [0.4, 0.5) is 0 Å². The number of carboxylic acids is 1. The highest BCUT2D eigenvalue weighted by Gasteiger charge is 2.32. The van der Waals surface area contributed by atoms with E-state index in [9.17, 15) is 14.7 Å². The van der Waals surface area contributed by atoms with Gasteiger partial charge in [-0.1, -0.05) is 13.0 Å². The quantitative estimate of drug-likeness (QED) is 0.845. The maximum Gasteiger partial charge on any atom is 0.327 e. The normalized spacial score (nSPS) is 18.3. The molecule has 2 N–H and O–H groups in total. The molecule has 1 aliphatic heterocycles. The number of piperazine rings is 1. The number of aliphatic carboxylic acids is 1. The van der Waals surface area contributed by atoms with Crippen LogP contribution in [0.15, 0.2) is 24.3 Å². The van der Waals surface area contributed by atoms with Crippen LogP contribution < -0.4 is 10.1 Å². The highest BCUT2D eigenvalue weighted by molar-refractivity contribution is 5.97. The Bertz CT molecular complexity index is 518.